The van der Waals surface area contributed by atoms with Crippen molar-refractivity contribution in [2.45, 2.75) is 58.2 Å². The minimum atomic E-state index is -5.82. The van der Waals surface area contributed by atoms with Crippen molar-refractivity contribution in [3.63, 3.8) is 0 Å². The number of aromatic nitrogens is 2. The maximum Gasteiger partial charge on any atom is 0.490 e. The van der Waals surface area contributed by atoms with Gasteiger partial charge in [-0.2, -0.15) is 8.62 Å². The number of benzene rings is 1. The summed E-state index contributed by atoms with van der Waals surface area (Å²) in [5.41, 5.74) is 0.298. The molecule has 1 aromatic heterocycles. The molecule has 2 unspecified atom stereocenters. The lowest BCUT2D eigenvalue weighted by Gasteiger charge is -2.32. The zero-order chi connectivity index (χ0) is 38.0. The number of ether oxygens (including phenoxy) is 3. The van der Waals surface area contributed by atoms with Gasteiger partial charge < -0.3 is 44.6 Å². The lowest BCUT2D eigenvalue weighted by atomic mass is 9.83. The van der Waals surface area contributed by atoms with Gasteiger partial charge in [0.15, 0.2) is 0 Å². The molecular weight excluding hydrogens is 737 g/mol. The number of nitrogens with one attached hydrogen (secondary N) is 1. The van der Waals surface area contributed by atoms with Crippen LogP contribution in [-0.4, -0.2) is 71.6 Å². The number of methoxy groups -OCH3 is 1. The first kappa shape index (κ1) is 41.2. The zero-order valence-corrected chi connectivity index (χ0v) is 29.6. The van der Waals surface area contributed by atoms with Gasteiger partial charge in [-0.1, -0.05) is 32.6 Å². The number of nitro benzene ring substituents is 1. The molecule has 0 saturated carbocycles. The first-order chi connectivity index (χ1) is 22.8. The van der Waals surface area contributed by atoms with Gasteiger partial charge in [0.1, 0.15) is 23.7 Å². The average Bonchev–Trinajstić information content (AvgIpc) is 3.25. The van der Waals surface area contributed by atoms with E-state index in [-0.39, 0.29) is 23.4 Å². The number of aliphatic hydroxyl groups is 1. The van der Waals surface area contributed by atoms with Crippen molar-refractivity contribution in [1.82, 2.24) is 9.55 Å². The van der Waals surface area contributed by atoms with E-state index in [9.17, 15) is 48.3 Å². The molecule has 0 amide bonds. The van der Waals surface area contributed by atoms with E-state index in [1.54, 1.807) is 20.8 Å². The minimum absolute atomic E-state index is 0.0139. The number of rotatable bonds is 13. The molecule has 25 heteroatoms. The molecule has 0 radical (unpaired) electrons. The van der Waals surface area contributed by atoms with E-state index >= 15 is 0 Å². The van der Waals surface area contributed by atoms with Crippen molar-refractivity contribution in [2.24, 2.45) is 11.1 Å². The maximum atomic E-state index is 13.0. The molecule has 2 heterocycles. The van der Waals surface area contributed by atoms with Crippen LogP contribution in [0.2, 0.25) is 0 Å². The van der Waals surface area contributed by atoms with Gasteiger partial charge in [-0.25, -0.2) is 18.5 Å². The molecule has 278 valence electrons. The van der Waals surface area contributed by atoms with Gasteiger partial charge in [-0.15, -0.1) is 0 Å². The van der Waals surface area contributed by atoms with Crippen molar-refractivity contribution >= 4 is 29.2 Å². The quantitative estimate of drug-likeness (QED) is 0.0648. The van der Waals surface area contributed by atoms with Crippen molar-refractivity contribution < 1.29 is 70.7 Å². The molecule has 0 spiro atoms. The highest BCUT2D eigenvalue weighted by Crippen LogP contribution is 2.66. The molecule has 0 aliphatic carbocycles. The Morgan fingerprint density at radius 2 is 1.80 bits per heavy atom. The second-order valence-corrected chi connectivity index (χ2v) is 16.3. The van der Waals surface area contributed by atoms with Gasteiger partial charge in [0.25, 0.3) is 11.2 Å². The van der Waals surface area contributed by atoms with Crippen LogP contribution in [0.3, 0.4) is 0 Å². The summed E-state index contributed by atoms with van der Waals surface area (Å²) in [5, 5.41) is 22.8. The summed E-state index contributed by atoms with van der Waals surface area (Å²) in [4.78, 5) is 76.0. The summed E-state index contributed by atoms with van der Waals surface area (Å²) in [7, 11) is -15.7. The Hall–Kier alpha value is -3.25. The van der Waals surface area contributed by atoms with Gasteiger partial charge in [-0.3, -0.25) is 29.0 Å². The fraction of sp³-hybridized carbons (Fsp3) is 0.520. The predicted octanol–water partition coefficient (Wildman–Crippen LogP) is 1.10. The zero-order valence-electron chi connectivity index (χ0n) is 26.9. The van der Waals surface area contributed by atoms with Crippen molar-refractivity contribution in [2.75, 3.05) is 20.3 Å². The Bertz CT molecular complexity index is 1940. The van der Waals surface area contributed by atoms with Crippen LogP contribution in [0.4, 0.5) is 5.69 Å². The van der Waals surface area contributed by atoms with E-state index in [0.29, 0.717) is 0 Å². The van der Waals surface area contributed by atoms with Crippen LogP contribution in [0.5, 0.6) is 11.5 Å². The lowest BCUT2D eigenvalue weighted by Crippen LogP contribution is -2.43. The van der Waals surface area contributed by atoms with Crippen LogP contribution < -0.4 is 26.5 Å². The Balaban J connectivity index is 1.97. The van der Waals surface area contributed by atoms with E-state index in [1.807, 2.05) is 4.98 Å². The first-order valence-corrected chi connectivity index (χ1v) is 18.6. The number of nitro groups is 1. The van der Waals surface area contributed by atoms with E-state index < -0.39 is 93.6 Å². The summed E-state index contributed by atoms with van der Waals surface area (Å²) in [5.74, 6) is 4.92. The van der Waals surface area contributed by atoms with Gasteiger partial charge in [0.2, 0.25) is 5.75 Å². The van der Waals surface area contributed by atoms with E-state index in [1.165, 1.54) is 26.2 Å². The van der Waals surface area contributed by atoms with Gasteiger partial charge >= 0.3 is 29.2 Å². The predicted molar refractivity (Wildman–Crippen MR) is 169 cm³/mol. The molecule has 0 bridgehead atoms. The van der Waals surface area contributed by atoms with Crippen molar-refractivity contribution in [3.05, 3.63) is 60.4 Å². The van der Waals surface area contributed by atoms with Crippen molar-refractivity contribution in [1.29, 1.82) is 0 Å². The smallest absolute Gasteiger partial charge is 0.490 e. The number of nitrogens with two attached hydrogens (primary N) is 1. The number of hydrogen-bond acceptors (Lipinski definition) is 15. The second kappa shape index (κ2) is 15.2. The molecule has 2 aromatic rings. The fourth-order valence-electron chi connectivity index (χ4n) is 4.83. The standard InChI is InChI=1S/C25H35N4O18P3/c1-24(2,3)21(15-10-18(42-5)14(7-6-8-26)9-16(15)29(33)34)44-19-12-28(23(32)27-22(19)31)25(4)11-17(30)20(45-25)13-43-49(38,39)47-50(40,41)46-48(35,36)37/h9-10,12,17,20-21,30H,8,11,13,26H2,1-5H3,(H,38,39)(H,40,41)(H,27,31,32)(H2,35,36,37)/t17-,20+,21+,25+/m0/s1. The molecule has 6 atom stereocenters. The number of aromatic amines is 1. The summed E-state index contributed by atoms with van der Waals surface area (Å²) in [6.07, 6.45) is -3.80. The van der Waals surface area contributed by atoms with Crippen LogP contribution in [0.1, 0.15) is 51.3 Å². The third-order valence-electron chi connectivity index (χ3n) is 6.84. The largest absolute Gasteiger partial charge is 0.495 e. The van der Waals surface area contributed by atoms with E-state index in [4.69, 9.17) is 29.7 Å². The van der Waals surface area contributed by atoms with Crippen LogP contribution in [0, 0.1) is 27.4 Å². The molecule has 8 N–H and O–H groups in total. The van der Waals surface area contributed by atoms with Gasteiger partial charge in [-0.05, 0) is 13.0 Å². The molecule has 1 aromatic carbocycles. The maximum absolute atomic E-state index is 13.0. The summed E-state index contributed by atoms with van der Waals surface area (Å²) in [6, 6.07) is 2.50. The first-order valence-electron chi connectivity index (χ1n) is 14.0. The van der Waals surface area contributed by atoms with Crippen LogP contribution in [-0.2, 0) is 37.3 Å². The van der Waals surface area contributed by atoms with Gasteiger partial charge in [0.05, 0.1) is 48.6 Å². The van der Waals surface area contributed by atoms with Gasteiger partial charge in [0, 0.05) is 17.9 Å². The van der Waals surface area contributed by atoms with E-state index in [0.717, 1.165) is 10.8 Å². The fourth-order valence-corrected chi connectivity index (χ4v) is 7.86. The summed E-state index contributed by atoms with van der Waals surface area (Å²) < 4.78 is 64.4. The van der Waals surface area contributed by atoms with Crippen molar-refractivity contribution in [3.8, 4) is 23.3 Å². The molecule has 3 rings (SSSR count). The third kappa shape index (κ3) is 10.4. The van der Waals surface area contributed by atoms with Crippen LogP contribution >= 0.6 is 23.5 Å². The third-order valence-corrected chi connectivity index (χ3v) is 10.6. The SMILES string of the molecule is COc1cc([C@@H](Oc2cn([C@@]3(C)C[C@H](O)[C@@H](COP(=O)(O)OP(=O)(O)OP(=O)(O)O)O3)c(=O)[nH]c2=O)C(C)(C)C)c([N+](=O)[O-])cc1C#CCN. The summed E-state index contributed by atoms with van der Waals surface area (Å²) in [6.45, 7) is 5.22. The Morgan fingerprint density at radius 3 is 2.34 bits per heavy atom. The molecule has 1 fully saturated rings. The number of hydrogen-bond donors (Lipinski definition) is 7. The molecule has 22 nitrogen and oxygen atoms in total. The molecule has 1 aliphatic heterocycles. The summed E-state index contributed by atoms with van der Waals surface area (Å²) >= 11 is 0. The molecular formula is C25H35N4O18P3. The van der Waals surface area contributed by atoms with Crippen LogP contribution in [0.15, 0.2) is 27.9 Å². The lowest BCUT2D eigenvalue weighted by molar-refractivity contribution is -0.386. The molecule has 50 heavy (non-hydrogen) atoms. The highest BCUT2D eigenvalue weighted by molar-refractivity contribution is 7.66. The number of phosphoric acid groups is 3. The second-order valence-electron chi connectivity index (χ2n) is 11.9. The van der Waals surface area contributed by atoms with E-state index in [2.05, 4.69) is 25.0 Å². The molecule has 1 aliphatic rings. The Morgan fingerprint density at radius 1 is 1.16 bits per heavy atom. The van der Waals surface area contributed by atoms with Crippen LogP contribution in [0.25, 0.3) is 0 Å². The molecule has 1 saturated heterocycles. The Kier molecular flexibility index (Phi) is 12.5. The Labute approximate surface area is 282 Å². The average molecular weight is 772 g/mol. The number of aliphatic hydroxyl groups excluding tert-OH is 1. The monoisotopic (exact) mass is 772 g/mol. The highest BCUT2D eigenvalue weighted by atomic mass is 31.3. The number of nitrogens with zero attached hydrogens (tertiary/aromatic N) is 2. The highest BCUT2D eigenvalue weighted by Gasteiger charge is 2.47. The number of H-pyrrole nitrogens is 1. The minimum Gasteiger partial charge on any atom is -0.495 e. The normalized spacial score (nSPS) is 22.5. The topological polar surface area (TPSA) is 332 Å². The number of phosphoric ester groups is 1.